The molecule has 1 radical (unpaired) electrons. The molecule has 2 N–H and O–H groups in total. The number of nitrogens with one attached hydrogen (secondary N) is 2. The molecule has 2 rings (SSSR count). The molecule has 0 unspecified atom stereocenters. The van der Waals surface area contributed by atoms with Crippen molar-refractivity contribution in [1.29, 1.82) is 0 Å². The van der Waals surface area contributed by atoms with Crippen LogP contribution in [0.2, 0.25) is 0 Å². The molecule has 0 fully saturated rings. The Bertz CT molecular complexity index is 623. The van der Waals surface area contributed by atoms with Gasteiger partial charge in [0.15, 0.2) is 0 Å². The number of aryl methyl sites for hydroxylation is 1. The molecule has 2 amide bonds. The van der Waals surface area contributed by atoms with Crippen LogP contribution in [0.1, 0.15) is 11.1 Å². The first-order chi connectivity index (χ1) is 9.69. The van der Waals surface area contributed by atoms with Crippen molar-refractivity contribution in [3.05, 3.63) is 59.7 Å². The molecule has 101 valence electrons. The number of para-hydroxylation sites is 1. The maximum Gasteiger partial charge on any atom is 0.323 e. The molecule has 0 saturated carbocycles. The van der Waals surface area contributed by atoms with E-state index >= 15 is 0 Å². The molecule has 0 spiro atoms. The van der Waals surface area contributed by atoms with E-state index in [4.69, 9.17) is 0 Å². The van der Waals surface area contributed by atoms with Crippen LogP contribution in [0.25, 0.3) is 0 Å². The number of benzene rings is 2. The fourth-order valence-corrected chi connectivity index (χ4v) is 1.88. The van der Waals surface area contributed by atoms with E-state index in [1.54, 1.807) is 18.2 Å². The van der Waals surface area contributed by atoms with Gasteiger partial charge in [-0.15, -0.1) is 0 Å². The van der Waals surface area contributed by atoms with Crippen molar-refractivity contribution in [2.24, 2.45) is 0 Å². The van der Waals surface area contributed by atoms with E-state index in [2.05, 4.69) is 10.6 Å². The van der Waals surface area contributed by atoms with Crippen molar-refractivity contribution >= 4 is 23.7 Å². The molecule has 2 aromatic rings. The van der Waals surface area contributed by atoms with Crippen LogP contribution in [-0.4, -0.2) is 12.3 Å². The highest BCUT2D eigenvalue weighted by atomic mass is 16.2. The van der Waals surface area contributed by atoms with Crippen LogP contribution in [-0.2, 0) is 11.2 Å². The second-order valence-electron chi connectivity index (χ2n) is 4.43. The van der Waals surface area contributed by atoms with Gasteiger partial charge in [-0.25, -0.2) is 4.79 Å². The minimum Gasteiger partial charge on any atom is -0.308 e. The Balaban J connectivity index is 2.06. The van der Waals surface area contributed by atoms with Gasteiger partial charge in [0.05, 0.1) is 0 Å². The second-order valence-corrected chi connectivity index (χ2v) is 4.43. The lowest BCUT2D eigenvalue weighted by Gasteiger charge is -2.10. The van der Waals surface area contributed by atoms with E-state index in [0.29, 0.717) is 5.69 Å². The number of carbonyl (C=O) groups is 1. The van der Waals surface area contributed by atoms with Gasteiger partial charge in [-0.2, -0.15) is 0 Å². The number of carbonyl (C=O) groups excluding carboxylic acids is 2. The molecule has 4 nitrogen and oxygen atoms in total. The van der Waals surface area contributed by atoms with E-state index in [0.717, 1.165) is 16.8 Å². The molecule has 20 heavy (non-hydrogen) atoms. The quantitative estimate of drug-likeness (QED) is 0.893. The van der Waals surface area contributed by atoms with Gasteiger partial charge < -0.3 is 10.6 Å². The van der Waals surface area contributed by atoms with E-state index in [1.165, 1.54) is 0 Å². The highest BCUT2D eigenvalue weighted by Gasteiger charge is 2.06. The Morgan fingerprint density at radius 1 is 1.10 bits per heavy atom. The van der Waals surface area contributed by atoms with Crippen molar-refractivity contribution in [2.75, 3.05) is 10.6 Å². The van der Waals surface area contributed by atoms with Gasteiger partial charge in [-0.3, -0.25) is 4.79 Å². The number of urea groups is 1. The summed E-state index contributed by atoms with van der Waals surface area (Å²) < 4.78 is 0. The number of amides is 2. The molecule has 0 aliphatic heterocycles. The molecule has 0 saturated heterocycles. The molecule has 0 bridgehead atoms. The van der Waals surface area contributed by atoms with Gasteiger partial charge in [-0.05, 0) is 36.2 Å². The molecule has 0 aliphatic carbocycles. The number of anilines is 2. The molecule has 0 aliphatic rings. The van der Waals surface area contributed by atoms with Gasteiger partial charge >= 0.3 is 6.03 Å². The van der Waals surface area contributed by atoms with Gasteiger partial charge in [0, 0.05) is 17.8 Å². The normalized spacial score (nSPS) is 9.85. The molecular weight excluding hydrogens is 252 g/mol. The van der Waals surface area contributed by atoms with E-state index in [9.17, 15) is 9.59 Å². The minimum absolute atomic E-state index is 0.154. The topological polar surface area (TPSA) is 58.2 Å². The largest absolute Gasteiger partial charge is 0.323 e. The first-order valence-electron chi connectivity index (χ1n) is 6.26. The number of hydrogen-bond acceptors (Lipinski definition) is 2. The zero-order valence-electron chi connectivity index (χ0n) is 11.1. The summed E-state index contributed by atoms with van der Waals surface area (Å²) in [6.07, 6.45) is 1.99. The summed E-state index contributed by atoms with van der Waals surface area (Å²) in [5, 5.41) is 5.49. The van der Waals surface area contributed by atoms with Crippen LogP contribution in [0, 0.1) is 6.92 Å². The van der Waals surface area contributed by atoms with Crippen LogP contribution < -0.4 is 10.6 Å². The Morgan fingerprint density at radius 3 is 2.65 bits per heavy atom. The molecule has 0 atom stereocenters. The molecular formula is C16H15N2O2. The Morgan fingerprint density at radius 2 is 1.90 bits per heavy atom. The highest BCUT2D eigenvalue weighted by Crippen LogP contribution is 2.16. The standard InChI is InChI=1S/C16H15N2O2/c1-12-5-4-7-14(11-12)17-16(20)18-15-8-3-2-6-13(15)9-10-19/h2-8,11H,9H2,1H3,(H2,17,18,20). The molecule has 0 aromatic heterocycles. The lowest BCUT2D eigenvalue weighted by Crippen LogP contribution is -2.20. The summed E-state index contributed by atoms with van der Waals surface area (Å²) in [4.78, 5) is 22.4. The van der Waals surface area contributed by atoms with E-state index in [1.807, 2.05) is 43.5 Å². The first-order valence-corrected chi connectivity index (χ1v) is 6.26. The smallest absolute Gasteiger partial charge is 0.308 e. The van der Waals surface area contributed by atoms with Crippen LogP contribution in [0.15, 0.2) is 48.5 Å². The lowest BCUT2D eigenvalue weighted by atomic mass is 10.1. The monoisotopic (exact) mass is 267 g/mol. The van der Waals surface area contributed by atoms with Gasteiger partial charge in [-0.1, -0.05) is 30.3 Å². The Hall–Kier alpha value is -2.62. The predicted molar refractivity (Wildman–Crippen MR) is 79.7 cm³/mol. The zero-order chi connectivity index (χ0) is 14.4. The first kappa shape index (κ1) is 13.8. The zero-order valence-corrected chi connectivity index (χ0v) is 11.1. The van der Waals surface area contributed by atoms with Crippen LogP contribution in [0.4, 0.5) is 16.2 Å². The van der Waals surface area contributed by atoms with Gasteiger partial charge in [0.1, 0.15) is 0 Å². The fourth-order valence-electron chi connectivity index (χ4n) is 1.88. The van der Waals surface area contributed by atoms with Crippen molar-refractivity contribution in [2.45, 2.75) is 13.3 Å². The summed E-state index contributed by atoms with van der Waals surface area (Å²) in [6, 6.07) is 14.3. The summed E-state index contributed by atoms with van der Waals surface area (Å²) in [6.45, 7) is 1.96. The van der Waals surface area contributed by atoms with Crippen molar-refractivity contribution in [1.82, 2.24) is 0 Å². The average molecular weight is 267 g/mol. The second kappa shape index (κ2) is 6.52. The maximum atomic E-state index is 11.9. The van der Waals surface area contributed by atoms with Crippen molar-refractivity contribution in [3.8, 4) is 0 Å². The Kier molecular flexibility index (Phi) is 4.50. The molecule has 0 heterocycles. The fraction of sp³-hybridized carbons (Fsp3) is 0.125. The third-order valence-corrected chi connectivity index (χ3v) is 2.80. The van der Waals surface area contributed by atoms with E-state index < -0.39 is 0 Å². The summed E-state index contributed by atoms with van der Waals surface area (Å²) in [5.41, 5.74) is 3.14. The maximum absolute atomic E-state index is 11.9. The van der Waals surface area contributed by atoms with E-state index in [-0.39, 0.29) is 12.5 Å². The third kappa shape index (κ3) is 3.68. The number of hydrogen-bond donors (Lipinski definition) is 2. The highest BCUT2D eigenvalue weighted by molar-refractivity contribution is 6.00. The van der Waals surface area contributed by atoms with Gasteiger partial charge in [0.2, 0.25) is 6.29 Å². The minimum atomic E-state index is -0.339. The SMILES string of the molecule is Cc1cccc(NC(=O)Nc2ccccc2C[C]=O)c1. The summed E-state index contributed by atoms with van der Waals surface area (Å²) >= 11 is 0. The average Bonchev–Trinajstić information content (AvgIpc) is 2.41. The third-order valence-electron chi connectivity index (χ3n) is 2.80. The summed E-state index contributed by atoms with van der Waals surface area (Å²) in [5.74, 6) is 0. The van der Waals surface area contributed by atoms with Crippen LogP contribution >= 0.6 is 0 Å². The van der Waals surface area contributed by atoms with Crippen molar-refractivity contribution in [3.63, 3.8) is 0 Å². The predicted octanol–water partition coefficient (Wildman–Crippen LogP) is 3.29. The molecule has 4 heteroatoms. The van der Waals surface area contributed by atoms with Crippen LogP contribution in [0.5, 0.6) is 0 Å². The molecule has 2 aromatic carbocycles. The van der Waals surface area contributed by atoms with Crippen LogP contribution in [0.3, 0.4) is 0 Å². The number of rotatable bonds is 4. The summed E-state index contributed by atoms with van der Waals surface area (Å²) in [7, 11) is 0. The van der Waals surface area contributed by atoms with Gasteiger partial charge in [0.25, 0.3) is 0 Å². The lowest BCUT2D eigenvalue weighted by molar-refractivity contribution is 0.262. The van der Waals surface area contributed by atoms with Crippen molar-refractivity contribution < 1.29 is 9.59 Å². The Labute approximate surface area is 117 Å².